The monoisotopic (exact) mass is 1250 g/mol. The lowest BCUT2D eigenvalue weighted by Crippen LogP contribution is -2.67. The number of hydrogen-bond acceptors (Lipinski definition) is 6. The van der Waals surface area contributed by atoms with Gasteiger partial charge in [-0.15, -0.1) is 0 Å². The lowest BCUT2D eigenvalue weighted by atomic mass is 9.29. The van der Waals surface area contributed by atoms with Gasteiger partial charge in [-0.05, 0) is 184 Å². The molecule has 6 nitrogen and oxygen atoms in total. The van der Waals surface area contributed by atoms with Gasteiger partial charge in [0.05, 0.1) is 11.4 Å². The molecule has 0 radical (unpaired) electrons. The number of ether oxygens (including phenoxy) is 2. The van der Waals surface area contributed by atoms with Crippen molar-refractivity contribution in [2.24, 2.45) is 0 Å². The molecule has 4 aliphatic carbocycles. The molecule has 0 amide bonds. The van der Waals surface area contributed by atoms with Crippen LogP contribution in [0, 0.1) is 0 Å². The second-order valence-corrected chi connectivity index (χ2v) is 30.9. The molecule has 13 aromatic carbocycles. The molecule has 0 N–H and O–H groups in total. The standard InChI is InChI=1S/C90H64B2N4O2/c1-87(2)61-41-25-21-37-53(61)57-45-65-73-79(69(57)87)95(51-33-17-11-18-34-51)81-71-59(55-39-23-27-43-63(55)89(71,5)6)47-67-75(81)91(73)77-83(93(65)49-29-13-9-14-30-49)86-78-84(85(77)97-67)94(50-31-15-10-16-32-50)66-46-58-54-38-22-26-42-62(54)88(3,4)70(58)80-74(66)92(78)76-68(98-86)48-60-56-40-24-28-44-64(56)90(7,8)72(60)82(76)96(80)52-35-19-12-20-36-52/h9-48H,1-8H3. The Labute approximate surface area is 571 Å². The van der Waals surface area contributed by atoms with E-state index in [9.17, 15) is 0 Å². The molecule has 13 aromatic rings. The Morgan fingerprint density at radius 1 is 0.245 bits per heavy atom. The minimum atomic E-state index is -0.403. The Morgan fingerprint density at radius 2 is 0.500 bits per heavy atom. The highest BCUT2D eigenvalue weighted by molar-refractivity contribution is 7.04. The molecule has 98 heavy (non-hydrogen) atoms. The topological polar surface area (TPSA) is 31.4 Å². The molecule has 462 valence electrons. The smallest absolute Gasteiger partial charge is 0.262 e. The summed E-state index contributed by atoms with van der Waals surface area (Å²) in [5.41, 5.74) is 39.8. The first-order valence-corrected chi connectivity index (χ1v) is 35.0. The van der Waals surface area contributed by atoms with Crippen molar-refractivity contribution in [3.05, 3.63) is 287 Å². The van der Waals surface area contributed by atoms with E-state index in [1.807, 2.05) is 0 Å². The van der Waals surface area contributed by atoms with E-state index in [1.54, 1.807) is 0 Å². The molecule has 0 fully saturated rings. The summed E-state index contributed by atoms with van der Waals surface area (Å²) >= 11 is 0. The van der Waals surface area contributed by atoms with Crippen molar-refractivity contribution in [2.75, 3.05) is 19.6 Å². The van der Waals surface area contributed by atoms with Gasteiger partial charge in [0.15, 0.2) is 0 Å². The van der Waals surface area contributed by atoms with Gasteiger partial charge in [0.1, 0.15) is 23.0 Å². The molecule has 0 bridgehead atoms. The zero-order valence-corrected chi connectivity index (χ0v) is 55.9. The third-order valence-electron chi connectivity index (χ3n) is 24.8. The molecular weight excluding hydrogens is 1190 g/mol. The molecule has 23 rings (SSSR count). The maximum absolute atomic E-state index is 8.54. The van der Waals surface area contributed by atoms with Crippen LogP contribution in [0.2, 0.25) is 0 Å². The van der Waals surface area contributed by atoms with Gasteiger partial charge in [0.25, 0.3) is 13.4 Å². The Morgan fingerprint density at radius 3 is 0.806 bits per heavy atom. The van der Waals surface area contributed by atoms with Gasteiger partial charge in [-0.25, -0.2) is 0 Å². The van der Waals surface area contributed by atoms with E-state index < -0.39 is 21.7 Å². The molecule has 8 heteroatoms. The molecule has 0 spiro atoms. The fourth-order valence-electron chi connectivity index (χ4n) is 21.0. The molecule has 0 atom stereocenters. The highest BCUT2D eigenvalue weighted by atomic mass is 16.5. The molecular formula is C90H64B2N4O2. The van der Waals surface area contributed by atoms with E-state index >= 15 is 0 Å². The summed E-state index contributed by atoms with van der Waals surface area (Å²) in [6.45, 7) is 19.1. The molecule has 0 saturated carbocycles. The summed E-state index contributed by atoms with van der Waals surface area (Å²) in [5, 5.41) is 0. The minimum absolute atomic E-state index is 0.324. The number of nitrogens with zero attached hydrogens (tertiary/aromatic N) is 4. The Hall–Kier alpha value is -11.2. The summed E-state index contributed by atoms with van der Waals surface area (Å²) in [6, 6.07) is 91.9. The van der Waals surface area contributed by atoms with Crippen LogP contribution in [0.1, 0.15) is 99.9 Å². The summed E-state index contributed by atoms with van der Waals surface area (Å²) in [6.07, 6.45) is 0. The van der Waals surface area contributed by atoms with E-state index in [2.05, 4.69) is 318 Å². The van der Waals surface area contributed by atoms with Crippen LogP contribution in [-0.4, -0.2) is 13.4 Å². The highest BCUT2D eigenvalue weighted by Gasteiger charge is 2.62. The zero-order chi connectivity index (χ0) is 65.1. The molecule has 6 heterocycles. The molecule has 10 aliphatic rings. The maximum Gasteiger partial charge on any atom is 0.262 e. The van der Waals surface area contributed by atoms with Crippen molar-refractivity contribution in [2.45, 2.75) is 77.0 Å². The van der Waals surface area contributed by atoms with Gasteiger partial charge in [0, 0.05) is 89.5 Å². The number of benzene rings is 13. The third kappa shape index (κ3) is 6.08. The molecule has 0 aromatic heterocycles. The third-order valence-corrected chi connectivity index (χ3v) is 24.8. The van der Waals surface area contributed by atoms with Crippen molar-refractivity contribution in [3.8, 4) is 67.5 Å². The maximum atomic E-state index is 8.54. The Kier molecular flexibility index (Phi) is 9.74. The van der Waals surface area contributed by atoms with Gasteiger partial charge in [-0.2, -0.15) is 0 Å². The van der Waals surface area contributed by atoms with Crippen molar-refractivity contribution in [1.29, 1.82) is 0 Å². The van der Waals surface area contributed by atoms with E-state index in [-0.39, 0.29) is 13.4 Å². The first kappa shape index (κ1) is 54.0. The van der Waals surface area contributed by atoms with Crippen molar-refractivity contribution in [3.63, 3.8) is 0 Å². The predicted molar refractivity (Wildman–Crippen MR) is 405 cm³/mol. The van der Waals surface area contributed by atoms with E-state index in [0.717, 1.165) is 79.4 Å². The van der Waals surface area contributed by atoms with E-state index in [1.165, 1.54) is 134 Å². The number of fused-ring (bicyclic) bond motifs is 18. The minimum Gasteiger partial charge on any atom is -0.456 e. The van der Waals surface area contributed by atoms with Gasteiger partial charge in [-0.1, -0.05) is 225 Å². The second-order valence-electron chi connectivity index (χ2n) is 30.9. The van der Waals surface area contributed by atoms with Gasteiger partial charge < -0.3 is 29.1 Å². The van der Waals surface area contributed by atoms with Crippen LogP contribution in [0.25, 0.3) is 44.5 Å². The van der Waals surface area contributed by atoms with Crippen LogP contribution in [0.15, 0.2) is 243 Å². The number of anilines is 12. The fraction of sp³-hybridized carbons (Fsp3) is 0.133. The summed E-state index contributed by atoms with van der Waals surface area (Å²) in [5.74, 6) is 3.51. The number of para-hydroxylation sites is 4. The quantitative estimate of drug-likeness (QED) is 0.163. The van der Waals surface area contributed by atoms with Crippen LogP contribution in [-0.2, 0) is 21.7 Å². The van der Waals surface area contributed by atoms with Gasteiger partial charge in [-0.3, -0.25) is 0 Å². The molecule has 0 unspecified atom stereocenters. The predicted octanol–water partition coefficient (Wildman–Crippen LogP) is 19.3. The lowest BCUT2D eigenvalue weighted by molar-refractivity contribution is 0.477. The van der Waals surface area contributed by atoms with Crippen LogP contribution in [0.5, 0.6) is 23.0 Å². The first-order chi connectivity index (χ1) is 47.7. The van der Waals surface area contributed by atoms with Crippen LogP contribution >= 0.6 is 0 Å². The number of rotatable bonds is 4. The summed E-state index contributed by atoms with van der Waals surface area (Å²) in [4.78, 5) is 10.7. The van der Waals surface area contributed by atoms with Gasteiger partial charge in [0.2, 0.25) is 0 Å². The first-order valence-electron chi connectivity index (χ1n) is 35.0. The largest absolute Gasteiger partial charge is 0.456 e. The van der Waals surface area contributed by atoms with E-state index in [4.69, 9.17) is 9.47 Å². The Balaban J connectivity index is 0.949. The Bertz CT molecular complexity index is 5550. The van der Waals surface area contributed by atoms with Crippen LogP contribution in [0.4, 0.5) is 68.2 Å². The number of hydrogen-bond donors (Lipinski definition) is 0. The zero-order valence-electron chi connectivity index (χ0n) is 55.9. The van der Waals surface area contributed by atoms with E-state index in [0.29, 0.717) is 0 Å². The van der Waals surface area contributed by atoms with Crippen molar-refractivity contribution >= 4 is 114 Å². The molecule has 6 aliphatic heterocycles. The van der Waals surface area contributed by atoms with Crippen molar-refractivity contribution < 1.29 is 9.47 Å². The fourth-order valence-corrected chi connectivity index (χ4v) is 21.0. The average molecular weight is 1260 g/mol. The lowest BCUT2D eigenvalue weighted by Gasteiger charge is -2.53. The van der Waals surface area contributed by atoms with Gasteiger partial charge >= 0.3 is 0 Å². The highest BCUT2D eigenvalue weighted by Crippen LogP contribution is 2.68. The summed E-state index contributed by atoms with van der Waals surface area (Å²) in [7, 11) is 0. The van der Waals surface area contributed by atoms with Crippen LogP contribution in [0.3, 0.4) is 0 Å². The second kappa shape index (κ2) is 17.7. The van der Waals surface area contributed by atoms with Crippen molar-refractivity contribution in [1.82, 2.24) is 0 Å². The van der Waals surface area contributed by atoms with Crippen LogP contribution < -0.4 is 61.9 Å². The molecule has 0 saturated heterocycles. The average Bonchev–Trinajstić information content (AvgIpc) is 1.03. The SMILES string of the molecule is CC1(C)c2ccccc2-c2cc3c4c(c21)N(c1ccccc1)c1c2c(cc5c1C(C)(C)c1ccccc1-5)N(c1ccccc1)c1c5c6c(c(c1B42)O3)N(c1ccccc1)c1cc2c(c3c1B6c1c(cc4c(c1N3c1ccccc1)C(C)(C)c1ccccc1-4)O5)C(C)(C)c1ccccc1-2. The summed E-state index contributed by atoms with van der Waals surface area (Å²) < 4.78 is 17.1. The normalized spacial score (nSPS) is 16.9.